The highest BCUT2D eigenvalue weighted by molar-refractivity contribution is 7.09. The molecular weight excluding hydrogens is 375 g/mol. The van der Waals surface area contributed by atoms with Gasteiger partial charge in [-0.05, 0) is 48.7 Å². The summed E-state index contributed by atoms with van der Waals surface area (Å²) in [5, 5.41) is 5.75. The first-order valence-electron chi connectivity index (χ1n) is 8.93. The first-order chi connectivity index (χ1) is 13.6. The average molecular weight is 396 g/mol. The van der Waals surface area contributed by atoms with Gasteiger partial charge in [-0.3, -0.25) is 4.79 Å². The SMILES string of the molecule is Cc1nc(COc2cccc(/C=C/C(=O)NCCc3ccccc3F)c2)cs1. The van der Waals surface area contributed by atoms with Crippen molar-refractivity contribution in [2.24, 2.45) is 0 Å². The Morgan fingerprint density at radius 3 is 2.89 bits per heavy atom. The molecule has 3 rings (SSSR count). The molecule has 3 aromatic rings. The van der Waals surface area contributed by atoms with E-state index in [-0.39, 0.29) is 11.7 Å². The van der Waals surface area contributed by atoms with E-state index in [1.165, 1.54) is 12.1 Å². The number of aromatic nitrogens is 1. The number of hydrogen-bond donors (Lipinski definition) is 1. The van der Waals surface area contributed by atoms with E-state index in [2.05, 4.69) is 10.3 Å². The van der Waals surface area contributed by atoms with Crippen molar-refractivity contribution in [2.75, 3.05) is 6.54 Å². The van der Waals surface area contributed by atoms with Gasteiger partial charge in [-0.2, -0.15) is 0 Å². The number of ether oxygens (including phenoxy) is 1. The Labute approximate surface area is 167 Å². The lowest BCUT2D eigenvalue weighted by atomic mass is 10.1. The third-order valence-electron chi connectivity index (χ3n) is 3.99. The molecule has 28 heavy (non-hydrogen) atoms. The summed E-state index contributed by atoms with van der Waals surface area (Å²) in [5.41, 5.74) is 2.35. The Balaban J connectivity index is 1.48. The Bertz CT molecular complexity index is 968. The standard InChI is InChI=1S/C22H21FN2O2S/c1-16-25-19(15-28-16)14-27-20-7-4-5-17(13-20)9-10-22(26)24-12-11-18-6-2-3-8-21(18)23/h2-10,13,15H,11-12,14H2,1H3,(H,24,26)/b10-9+. The lowest BCUT2D eigenvalue weighted by Gasteiger charge is -2.05. The topological polar surface area (TPSA) is 51.2 Å². The number of carbonyl (C=O) groups excluding carboxylic acids is 1. The molecule has 6 heteroatoms. The van der Waals surface area contributed by atoms with Gasteiger partial charge in [0.2, 0.25) is 5.91 Å². The zero-order valence-electron chi connectivity index (χ0n) is 15.5. The van der Waals surface area contributed by atoms with Crippen molar-refractivity contribution >= 4 is 23.3 Å². The molecule has 0 spiro atoms. The second-order valence-corrected chi connectivity index (χ2v) is 7.25. The summed E-state index contributed by atoms with van der Waals surface area (Å²) in [6.45, 7) is 2.75. The fourth-order valence-corrected chi connectivity index (χ4v) is 3.19. The number of nitrogens with zero attached hydrogens (tertiary/aromatic N) is 1. The molecule has 0 aliphatic carbocycles. The lowest BCUT2D eigenvalue weighted by Crippen LogP contribution is -2.23. The van der Waals surface area contributed by atoms with Crippen LogP contribution in [0.1, 0.15) is 21.8 Å². The van der Waals surface area contributed by atoms with E-state index in [0.717, 1.165) is 16.3 Å². The van der Waals surface area contributed by atoms with E-state index in [0.29, 0.717) is 30.9 Å². The molecule has 0 atom stereocenters. The number of amides is 1. The normalized spacial score (nSPS) is 10.9. The Kier molecular flexibility index (Phi) is 6.92. The highest BCUT2D eigenvalue weighted by Crippen LogP contribution is 2.17. The van der Waals surface area contributed by atoms with Gasteiger partial charge < -0.3 is 10.1 Å². The quantitative estimate of drug-likeness (QED) is 0.569. The molecule has 0 unspecified atom stereocenters. The number of carbonyl (C=O) groups is 1. The van der Waals surface area contributed by atoms with Gasteiger partial charge in [0.05, 0.1) is 10.7 Å². The molecule has 1 heterocycles. The molecule has 0 aliphatic heterocycles. The summed E-state index contributed by atoms with van der Waals surface area (Å²) >= 11 is 1.59. The molecule has 4 nitrogen and oxygen atoms in total. The molecule has 1 N–H and O–H groups in total. The molecule has 0 fully saturated rings. The first-order valence-corrected chi connectivity index (χ1v) is 9.81. The molecule has 0 bridgehead atoms. The summed E-state index contributed by atoms with van der Waals surface area (Å²) < 4.78 is 19.3. The van der Waals surface area contributed by atoms with Crippen molar-refractivity contribution in [1.82, 2.24) is 10.3 Å². The van der Waals surface area contributed by atoms with Gasteiger partial charge in [0.25, 0.3) is 0 Å². The molecule has 0 aliphatic rings. The molecule has 144 valence electrons. The molecule has 0 saturated carbocycles. The van der Waals surface area contributed by atoms with Gasteiger partial charge in [0, 0.05) is 18.0 Å². The molecule has 0 radical (unpaired) electrons. The van der Waals surface area contributed by atoms with Crippen LogP contribution in [0, 0.1) is 12.7 Å². The molecular formula is C22H21FN2O2S. The Hall–Kier alpha value is -2.99. The van der Waals surface area contributed by atoms with Crippen molar-refractivity contribution in [3.8, 4) is 5.75 Å². The van der Waals surface area contributed by atoms with Crippen LogP contribution in [0.2, 0.25) is 0 Å². The number of nitrogens with one attached hydrogen (secondary N) is 1. The lowest BCUT2D eigenvalue weighted by molar-refractivity contribution is -0.116. The number of thiazole rings is 1. The van der Waals surface area contributed by atoms with Crippen LogP contribution < -0.4 is 10.1 Å². The summed E-state index contributed by atoms with van der Waals surface area (Å²) in [6, 6.07) is 14.1. The smallest absolute Gasteiger partial charge is 0.244 e. The number of hydrogen-bond acceptors (Lipinski definition) is 4. The monoisotopic (exact) mass is 396 g/mol. The largest absolute Gasteiger partial charge is 0.487 e. The highest BCUT2D eigenvalue weighted by atomic mass is 32.1. The van der Waals surface area contributed by atoms with E-state index in [4.69, 9.17) is 4.74 Å². The zero-order valence-corrected chi connectivity index (χ0v) is 16.3. The van der Waals surface area contributed by atoms with E-state index in [1.54, 1.807) is 35.6 Å². The minimum Gasteiger partial charge on any atom is -0.487 e. The predicted molar refractivity (Wildman–Crippen MR) is 110 cm³/mol. The number of rotatable bonds is 8. The van der Waals surface area contributed by atoms with Crippen molar-refractivity contribution in [3.05, 3.63) is 87.6 Å². The van der Waals surface area contributed by atoms with Gasteiger partial charge >= 0.3 is 0 Å². The van der Waals surface area contributed by atoms with Crippen molar-refractivity contribution in [3.63, 3.8) is 0 Å². The van der Waals surface area contributed by atoms with Crippen molar-refractivity contribution in [2.45, 2.75) is 20.0 Å². The first kappa shape index (κ1) is 19.8. The number of aryl methyl sites for hydroxylation is 1. The van der Waals surface area contributed by atoms with Gasteiger partial charge in [0.1, 0.15) is 18.2 Å². The maximum absolute atomic E-state index is 13.6. The van der Waals surface area contributed by atoms with Crippen LogP contribution in [0.25, 0.3) is 6.08 Å². The van der Waals surface area contributed by atoms with E-state index >= 15 is 0 Å². The Morgan fingerprint density at radius 1 is 1.25 bits per heavy atom. The fraction of sp³-hybridized carbons (Fsp3) is 0.182. The average Bonchev–Trinajstić information content (AvgIpc) is 3.12. The van der Waals surface area contributed by atoms with E-state index < -0.39 is 0 Å². The van der Waals surface area contributed by atoms with E-state index in [1.807, 2.05) is 36.6 Å². The summed E-state index contributed by atoms with van der Waals surface area (Å²) in [4.78, 5) is 16.3. The summed E-state index contributed by atoms with van der Waals surface area (Å²) in [6.07, 6.45) is 3.63. The van der Waals surface area contributed by atoms with Crippen LogP contribution >= 0.6 is 11.3 Å². The molecule has 1 aromatic heterocycles. The zero-order chi connectivity index (χ0) is 19.8. The van der Waals surface area contributed by atoms with Crippen LogP contribution in [0.4, 0.5) is 4.39 Å². The van der Waals surface area contributed by atoms with Gasteiger partial charge in [-0.1, -0.05) is 30.3 Å². The van der Waals surface area contributed by atoms with Gasteiger partial charge in [0.15, 0.2) is 0 Å². The predicted octanol–water partition coefficient (Wildman–Crippen LogP) is 4.54. The highest BCUT2D eigenvalue weighted by Gasteiger charge is 2.02. The minimum atomic E-state index is -0.253. The Morgan fingerprint density at radius 2 is 2.11 bits per heavy atom. The summed E-state index contributed by atoms with van der Waals surface area (Å²) in [5.74, 6) is 0.241. The molecule has 0 saturated heterocycles. The number of benzene rings is 2. The van der Waals surface area contributed by atoms with Crippen LogP contribution in [-0.4, -0.2) is 17.4 Å². The van der Waals surface area contributed by atoms with Gasteiger partial charge in [-0.25, -0.2) is 9.37 Å². The van der Waals surface area contributed by atoms with Gasteiger partial charge in [-0.15, -0.1) is 11.3 Å². The fourth-order valence-electron chi connectivity index (χ4n) is 2.59. The number of halogens is 1. The maximum atomic E-state index is 13.6. The van der Waals surface area contributed by atoms with Crippen LogP contribution in [0.5, 0.6) is 5.75 Å². The van der Waals surface area contributed by atoms with Crippen LogP contribution in [-0.2, 0) is 17.8 Å². The molecule has 1 amide bonds. The van der Waals surface area contributed by atoms with E-state index in [9.17, 15) is 9.18 Å². The third kappa shape index (κ3) is 6.03. The van der Waals surface area contributed by atoms with Crippen LogP contribution in [0.15, 0.2) is 60.0 Å². The van der Waals surface area contributed by atoms with Crippen molar-refractivity contribution < 1.29 is 13.9 Å². The summed E-state index contributed by atoms with van der Waals surface area (Å²) in [7, 11) is 0. The second-order valence-electron chi connectivity index (χ2n) is 6.18. The van der Waals surface area contributed by atoms with Crippen molar-refractivity contribution in [1.29, 1.82) is 0 Å². The third-order valence-corrected chi connectivity index (χ3v) is 4.81. The second kappa shape index (κ2) is 9.80. The minimum absolute atomic E-state index is 0.222. The molecule has 2 aromatic carbocycles. The van der Waals surface area contributed by atoms with Crippen LogP contribution in [0.3, 0.4) is 0 Å². The maximum Gasteiger partial charge on any atom is 0.244 e.